The molecule has 116 valence electrons. The second-order valence-corrected chi connectivity index (χ2v) is 20.2. The van der Waals surface area contributed by atoms with E-state index in [2.05, 4.69) is 50.4 Å². The molecule has 1 aromatic carbocycles. The zero-order valence-electron chi connectivity index (χ0n) is 14.1. The first kappa shape index (κ1) is 24.7. The van der Waals surface area contributed by atoms with Gasteiger partial charge in [-0.2, -0.15) is 0 Å². The van der Waals surface area contributed by atoms with E-state index in [1.54, 1.807) is 3.58 Å². The number of likely N-dealkylation sites (N-methyl/N-ethyl adjacent to an activating group) is 1. The number of ether oxygens (including phenoxy) is 1. The van der Waals surface area contributed by atoms with Crippen molar-refractivity contribution in [2.24, 2.45) is 0 Å². The molecule has 0 fully saturated rings. The summed E-state index contributed by atoms with van der Waals surface area (Å²) in [6.45, 7) is 3.24. The maximum absolute atomic E-state index is 10.3. The molecule has 22 heavy (non-hydrogen) atoms. The number of nitrogens with zero attached hydrogens (tertiary/aromatic N) is 1. The SMILES string of the molecule is CN([CH-]Cc1cc[c]([Sn]([CH3])([CH3])[CH3])cc1)CB=O.CO[C-]=O.[Y+3]. The van der Waals surface area contributed by atoms with Gasteiger partial charge in [0.2, 0.25) is 0 Å². The van der Waals surface area contributed by atoms with Gasteiger partial charge in [-0.3, -0.25) is 0 Å². The standard InChI is InChI=1S/C10H12BNO.C2H3O2.3CH3.Sn.Y/c1-12(9-11-13)8-7-10-5-3-2-4-6-10;1-4-2-3;;;;;/h3-6,8H,7,9H2,1H3;1H3;3*1H3;;/q2*-1;;;;;+3. The molecular formula is C15H24BNO3SnY+. The van der Waals surface area contributed by atoms with Gasteiger partial charge in [0.1, 0.15) is 0 Å². The first-order valence-electron chi connectivity index (χ1n) is 6.82. The molecule has 0 aliphatic carbocycles. The molecule has 1 aromatic rings. The predicted octanol–water partition coefficient (Wildman–Crippen LogP) is 1.57. The van der Waals surface area contributed by atoms with Gasteiger partial charge in [0, 0.05) is 7.11 Å². The molecule has 7 heteroatoms. The van der Waals surface area contributed by atoms with Crippen LogP contribution in [0.15, 0.2) is 24.3 Å². The normalized spacial score (nSPS) is 9.91. The summed E-state index contributed by atoms with van der Waals surface area (Å²) in [6, 6.07) is 8.98. The smallest absolute Gasteiger partial charge is 0.655 e. The molecule has 0 unspecified atom stereocenters. The number of carbonyl (C=O) groups excluding carboxylic acids is 1. The minimum Gasteiger partial charge on any atom is -0.655 e. The number of methoxy groups -OCH3 is 1. The van der Waals surface area contributed by atoms with Gasteiger partial charge in [0.15, 0.2) is 0 Å². The van der Waals surface area contributed by atoms with Crippen LogP contribution in [-0.4, -0.2) is 57.5 Å². The van der Waals surface area contributed by atoms with E-state index in [0.29, 0.717) is 6.44 Å². The predicted molar refractivity (Wildman–Crippen MR) is 89.2 cm³/mol. The van der Waals surface area contributed by atoms with Gasteiger partial charge >= 0.3 is 143 Å². The van der Waals surface area contributed by atoms with Crippen molar-refractivity contribution in [3.63, 3.8) is 0 Å². The van der Waals surface area contributed by atoms with Crippen molar-refractivity contribution in [2.45, 2.75) is 21.2 Å². The molecule has 0 aliphatic heterocycles. The van der Waals surface area contributed by atoms with Crippen LogP contribution in [-0.2, 0) is 53.4 Å². The fourth-order valence-electron chi connectivity index (χ4n) is 1.59. The minimum atomic E-state index is -1.89. The van der Waals surface area contributed by atoms with Gasteiger partial charge in [-0.1, -0.05) is 6.47 Å². The third kappa shape index (κ3) is 11.9. The van der Waals surface area contributed by atoms with Crippen LogP contribution in [0.1, 0.15) is 5.56 Å². The third-order valence-corrected chi connectivity index (χ3v) is 8.80. The Morgan fingerprint density at radius 3 is 2.14 bits per heavy atom. The molecule has 4 nitrogen and oxygen atoms in total. The van der Waals surface area contributed by atoms with Gasteiger partial charge in [0.25, 0.3) is 0 Å². The van der Waals surface area contributed by atoms with Crippen molar-refractivity contribution in [1.29, 1.82) is 0 Å². The summed E-state index contributed by atoms with van der Waals surface area (Å²) in [5.41, 5.74) is 1.31. The Morgan fingerprint density at radius 1 is 1.27 bits per heavy atom. The topological polar surface area (TPSA) is 46.6 Å². The van der Waals surface area contributed by atoms with E-state index in [1.807, 2.05) is 11.9 Å². The van der Waals surface area contributed by atoms with Crippen LogP contribution in [0.25, 0.3) is 0 Å². The monoisotopic (exact) mass is 486 g/mol. The van der Waals surface area contributed by atoms with E-state index in [4.69, 9.17) is 4.79 Å². The van der Waals surface area contributed by atoms with Crippen LogP contribution in [0, 0.1) is 6.54 Å². The molecule has 0 amide bonds. The third-order valence-electron chi connectivity index (χ3n) is 2.90. The first-order chi connectivity index (χ1) is 9.85. The van der Waals surface area contributed by atoms with Gasteiger partial charge < -0.3 is 9.53 Å². The van der Waals surface area contributed by atoms with Crippen molar-refractivity contribution < 1.29 is 46.9 Å². The summed E-state index contributed by atoms with van der Waals surface area (Å²) in [7, 11) is 4.11. The molecule has 0 saturated carbocycles. The van der Waals surface area contributed by atoms with Gasteiger partial charge in [-0.05, 0) is 0 Å². The van der Waals surface area contributed by atoms with Crippen LogP contribution in [0.2, 0.25) is 14.8 Å². The minimum absolute atomic E-state index is 0. The summed E-state index contributed by atoms with van der Waals surface area (Å²) in [5.74, 6) is 0. The summed E-state index contributed by atoms with van der Waals surface area (Å²) in [4.78, 5) is 18.0. The van der Waals surface area contributed by atoms with E-state index in [0.717, 1.165) is 13.6 Å². The van der Waals surface area contributed by atoms with Crippen molar-refractivity contribution in [3.8, 4) is 0 Å². The fourth-order valence-corrected chi connectivity index (χ4v) is 4.92. The van der Waals surface area contributed by atoms with Crippen molar-refractivity contribution in [1.82, 2.24) is 4.90 Å². The van der Waals surface area contributed by atoms with Crippen molar-refractivity contribution >= 4 is 35.6 Å². The maximum atomic E-state index is 10.3. The zero-order valence-corrected chi connectivity index (χ0v) is 19.8. The second-order valence-electron chi connectivity index (χ2n) is 5.73. The Balaban J connectivity index is 0. The summed E-state index contributed by atoms with van der Waals surface area (Å²) >= 11 is -1.89. The molecule has 0 N–H and O–H groups in total. The van der Waals surface area contributed by atoms with E-state index < -0.39 is 18.4 Å². The van der Waals surface area contributed by atoms with E-state index >= 15 is 0 Å². The molecule has 0 radical (unpaired) electrons. The molecule has 0 aromatic heterocycles. The van der Waals surface area contributed by atoms with Crippen LogP contribution >= 0.6 is 0 Å². The molecule has 0 heterocycles. The van der Waals surface area contributed by atoms with Gasteiger partial charge in [0.05, 0.1) is 0 Å². The van der Waals surface area contributed by atoms with Crippen LogP contribution < -0.4 is 3.58 Å². The summed E-state index contributed by atoms with van der Waals surface area (Å²) in [6.07, 6.45) is 1.36. The first-order valence-corrected chi connectivity index (χ1v) is 16.8. The van der Waals surface area contributed by atoms with Crippen LogP contribution in [0.3, 0.4) is 0 Å². The Morgan fingerprint density at radius 2 is 1.77 bits per heavy atom. The molecule has 0 bridgehead atoms. The zero-order chi connectivity index (χ0) is 16.3. The summed E-state index contributed by atoms with van der Waals surface area (Å²) in [5, 5.41) is 0. The number of benzene rings is 1. The molecular weight excluding hydrogens is 461 g/mol. The Bertz CT molecular complexity index is 424. The van der Waals surface area contributed by atoms with Crippen molar-refractivity contribution in [2.75, 3.05) is 20.6 Å². The summed E-state index contributed by atoms with van der Waals surface area (Å²) < 4.78 is 15.6. The number of rotatable bonds is 7. The number of hydrogen-bond donors (Lipinski definition) is 0. The molecule has 0 atom stereocenters. The largest absolute Gasteiger partial charge is 3.00 e. The molecule has 1 rings (SSSR count). The number of hydrogen-bond acceptors (Lipinski definition) is 4. The van der Waals surface area contributed by atoms with E-state index in [1.165, 1.54) is 19.1 Å². The molecule has 0 saturated heterocycles. The average Bonchev–Trinajstić information content (AvgIpc) is 2.45. The van der Waals surface area contributed by atoms with Crippen LogP contribution in [0.4, 0.5) is 0 Å². The van der Waals surface area contributed by atoms with Crippen molar-refractivity contribution in [3.05, 3.63) is 36.4 Å². The Hall–Kier alpha value is 0.418. The maximum Gasteiger partial charge on any atom is 3.00 e. The molecule has 0 aliphatic rings. The quantitative estimate of drug-likeness (QED) is 0.435. The Labute approximate surface area is 164 Å². The van der Waals surface area contributed by atoms with E-state index in [-0.39, 0.29) is 32.7 Å². The second kappa shape index (κ2) is 13.8. The average molecular weight is 485 g/mol. The Kier molecular flexibility index (Phi) is 15.5. The van der Waals surface area contributed by atoms with Crippen LogP contribution in [0.5, 0.6) is 0 Å². The fraction of sp³-hybridized carbons (Fsp3) is 0.467. The van der Waals surface area contributed by atoms with Gasteiger partial charge in [-0.25, -0.2) is 0 Å². The molecule has 0 spiro atoms. The van der Waals surface area contributed by atoms with Gasteiger partial charge in [-0.15, -0.1) is 0 Å². The van der Waals surface area contributed by atoms with E-state index in [9.17, 15) is 4.70 Å².